The minimum absolute atomic E-state index is 0.178. The molecule has 1 heterocycles. The summed E-state index contributed by atoms with van der Waals surface area (Å²) in [6.07, 6.45) is 1.39. The van der Waals surface area contributed by atoms with E-state index in [1.807, 2.05) is 0 Å². The van der Waals surface area contributed by atoms with Crippen molar-refractivity contribution >= 4 is 18.3 Å². The molecule has 0 radical (unpaired) electrons. The van der Waals surface area contributed by atoms with Crippen LogP contribution in [0.5, 0.6) is 0 Å². The van der Waals surface area contributed by atoms with Gasteiger partial charge in [0.25, 0.3) is 0 Å². The van der Waals surface area contributed by atoms with Gasteiger partial charge < -0.3 is 9.53 Å². The summed E-state index contributed by atoms with van der Waals surface area (Å²) in [7, 11) is 0. The Morgan fingerprint density at radius 3 is 2.53 bits per heavy atom. The maximum Gasteiger partial charge on any atom is 0.417 e. The van der Waals surface area contributed by atoms with Gasteiger partial charge in [0.05, 0.1) is 6.04 Å². The molecule has 1 saturated carbocycles. The summed E-state index contributed by atoms with van der Waals surface area (Å²) in [5, 5.41) is 0. The number of ether oxygens (including phenoxy) is 1. The second kappa shape index (κ2) is 3.82. The van der Waals surface area contributed by atoms with Gasteiger partial charge in [-0.1, -0.05) is 0 Å². The van der Waals surface area contributed by atoms with Gasteiger partial charge >= 0.3 is 6.09 Å². The fourth-order valence-electron chi connectivity index (χ4n) is 2.59. The highest BCUT2D eigenvalue weighted by Gasteiger charge is 2.53. The molecule has 0 aromatic heterocycles. The molecule has 0 aromatic rings. The SMILES string of the molecule is CC(C)(C)OC(=O)N1C(=O)C2CC(C=O)C1C2. The molecule has 2 fully saturated rings. The highest BCUT2D eigenvalue weighted by molar-refractivity contribution is 5.97. The predicted octanol–water partition coefficient (Wildman–Crippen LogP) is 1.36. The van der Waals surface area contributed by atoms with Gasteiger partial charge in [-0.15, -0.1) is 0 Å². The van der Waals surface area contributed by atoms with E-state index in [1.54, 1.807) is 20.8 Å². The molecule has 17 heavy (non-hydrogen) atoms. The van der Waals surface area contributed by atoms with Gasteiger partial charge in [0.2, 0.25) is 5.91 Å². The summed E-state index contributed by atoms with van der Waals surface area (Å²) >= 11 is 0. The van der Waals surface area contributed by atoms with E-state index in [2.05, 4.69) is 0 Å². The number of carbonyl (C=O) groups excluding carboxylic acids is 3. The van der Waals surface area contributed by atoms with Gasteiger partial charge in [-0.25, -0.2) is 9.69 Å². The third-order valence-electron chi connectivity index (χ3n) is 3.26. The van der Waals surface area contributed by atoms with Gasteiger partial charge in [0, 0.05) is 11.8 Å². The molecule has 3 unspecified atom stereocenters. The second-order valence-corrected chi connectivity index (χ2v) is 5.72. The number of piperidine rings is 1. The first-order chi connectivity index (χ1) is 7.83. The average molecular weight is 239 g/mol. The smallest absolute Gasteiger partial charge is 0.417 e. The number of hydrogen-bond donors (Lipinski definition) is 0. The summed E-state index contributed by atoms with van der Waals surface area (Å²) < 4.78 is 5.19. The molecular weight excluding hydrogens is 222 g/mol. The molecule has 2 bridgehead atoms. The summed E-state index contributed by atoms with van der Waals surface area (Å²) in [6, 6.07) is -0.292. The lowest BCUT2D eigenvalue weighted by Crippen LogP contribution is -2.48. The van der Waals surface area contributed by atoms with Crippen molar-refractivity contribution in [3.05, 3.63) is 0 Å². The normalized spacial score (nSPS) is 31.8. The van der Waals surface area contributed by atoms with Crippen molar-refractivity contribution in [2.24, 2.45) is 11.8 Å². The van der Waals surface area contributed by atoms with Crippen LogP contribution < -0.4 is 0 Å². The second-order valence-electron chi connectivity index (χ2n) is 5.72. The quantitative estimate of drug-likeness (QED) is 0.648. The minimum atomic E-state index is -0.629. The molecule has 0 N–H and O–H groups in total. The predicted molar refractivity (Wildman–Crippen MR) is 59.1 cm³/mol. The Hall–Kier alpha value is -1.39. The highest BCUT2D eigenvalue weighted by atomic mass is 16.6. The number of hydrogen-bond acceptors (Lipinski definition) is 4. The van der Waals surface area contributed by atoms with Crippen molar-refractivity contribution in [3.8, 4) is 0 Å². The Labute approximate surface area is 100 Å². The van der Waals surface area contributed by atoms with Gasteiger partial charge in [-0.2, -0.15) is 0 Å². The molecule has 2 aliphatic rings. The Morgan fingerprint density at radius 2 is 2.06 bits per heavy atom. The molecule has 1 saturated heterocycles. The van der Waals surface area contributed by atoms with E-state index in [0.717, 1.165) is 11.2 Å². The molecule has 1 aliphatic carbocycles. The number of carbonyl (C=O) groups is 3. The number of likely N-dealkylation sites (tertiary alicyclic amines) is 1. The zero-order chi connectivity index (χ0) is 12.8. The van der Waals surface area contributed by atoms with Crippen molar-refractivity contribution in [1.29, 1.82) is 0 Å². The van der Waals surface area contributed by atoms with Crippen molar-refractivity contribution in [1.82, 2.24) is 4.90 Å². The van der Waals surface area contributed by atoms with E-state index in [-0.39, 0.29) is 23.8 Å². The van der Waals surface area contributed by atoms with Crippen molar-refractivity contribution in [2.75, 3.05) is 0 Å². The van der Waals surface area contributed by atoms with Crippen LogP contribution in [0.2, 0.25) is 0 Å². The highest BCUT2D eigenvalue weighted by Crippen LogP contribution is 2.42. The Morgan fingerprint density at radius 1 is 1.41 bits per heavy atom. The number of aldehydes is 1. The fraction of sp³-hybridized carbons (Fsp3) is 0.750. The maximum absolute atomic E-state index is 11.9. The zero-order valence-corrected chi connectivity index (χ0v) is 10.3. The number of fused-ring (bicyclic) bond motifs is 2. The average Bonchev–Trinajstić information content (AvgIpc) is 2.71. The first-order valence-electron chi connectivity index (χ1n) is 5.85. The van der Waals surface area contributed by atoms with E-state index >= 15 is 0 Å². The van der Waals surface area contributed by atoms with Crippen LogP contribution in [0, 0.1) is 11.8 Å². The molecule has 2 amide bonds. The van der Waals surface area contributed by atoms with Crippen LogP contribution in [0.3, 0.4) is 0 Å². The number of nitrogens with zero attached hydrogens (tertiary/aromatic N) is 1. The number of amides is 2. The zero-order valence-electron chi connectivity index (χ0n) is 10.3. The van der Waals surface area contributed by atoms with Crippen LogP contribution in [0.15, 0.2) is 0 Å². The van der Waals surface area contributed by atoms with Gasteiger partial charge in [-0.05, 0) is 33.6 Å². The lowest BCUT2D eigenvalue weighted by atomic mass is 10.00. The third-order valence-corrected chi connectivity index (χ3v) is 3.26. The minimum Gasteiger partial charge on any atom is -0.443 e. The van der Waals surface area contributed by atoms with Crippen LogP contribution in [-0.4, -0.2) is 34.8 Å². The van der Waals surface area contributed by atoms with Crippen LogP contribution in [0.25, 0.3) is 0 Å². The fourth-order valence-corrected chi connectivity index (χ4v) is 2.59. The third kappa shape index (κ3) is 2.06. The van der Waals surface area contributed by atoms with Gasteiger partial charge in [0.1, 0.15) is 11.9 Å². The first kappa shape index (κ1) is 12.1. The molecule has 3 atom stereocenters. The molecule has 94 valence electrons. The molecule has 0 aromatic carbocycles. The molecule has 2 rings (SSSR count). The summed E-state index contributed by atoms with van der Waals surface area (Å²) in [6.45, 7) is 5.25. The summed E-state index contributed by atoms with van der Waals surface area (Å²) in [5.74, 6) is -0.588. The van der Waals surface area contributed by atoms with Gasteiger partial charge in [-0.3, -0.25) is 4.79 Å². The topological polar surface area (TPSA) is 63.7 Å². The molecule has 5 heteroatoms. The van der Waals surface area contributed by atoms with E-state index < -0.39 is 11.7 Å². The van der Waals surface area contributed by atoms with Crippen molar-refractivity contribution in [2.45, 2.75) is 45.3 Å². The van der Waals surface area contributed by atoms with Crippen molar-refractivity contribution < 1.29 is 19.1 Å². The molecule has 0 spiro atoms. The van der Waals surface area contributed by atoms with E-state index in [4.69, 9.17) is 4.74 Å². The Kier molecular flexibility index (Phi) is 2.72. The first-order valence-corrected chi connectivity index (χ1v) is 5.85. The number of imide groups is 1. The largest absolute Gasteiger partial charge is 0.443 e. The molecular formula is C12H17NO4. The van der Waals surface area contributed by atoms with Crippen LogP contribution in [-0.2, 0) is 14.3 Å². The van der Waals surface area contributed by atoms with Crippen LogP contribution in [0.1, 0.15) is 33.6 Å². The summed E-state index contributed by atoms with van der Waals surface area (Å²) in [4.78, 5) is 35.8. The van der Waals surface area contributed by atoms with Crippen molar-refractivity contribution in [3.63, 3.8) is 0 Å². The molecule has 1 aliphatic heterocycles. The van der Waals surface area contributed by atoms with Crippen LogP contribution >= 0.6 is 0 Å². The Balaban J connectivity index is 2.13. The monoisotopic (exact) mass is 239 g/mol. The van der Waals surface area contributed by atoms with Crippen LogP contribution in [0.4, 0.5) is 4.79 Å². The molecule has 5 nitrogen and oxygen atoms in total. The van der Waals surface area contributed by atoms with E-state index in [9.17, 15) is 14.4 Å². The van der Waals surface area contributed by atoms with E-state index in [0.29, 0.717) is 12.8 Å². The lowest BCUT2D eigenvalue weighted by Gasteiger charge is -2.31. The lowest BCUT2D eigenvalue weighted by molar-refractivity contribution is -0.135. The van der Waals surface area contributed by atoms with Gasteiger partial charge in [0.15, 0.2) is 0 Å². The summed E-state index contributed by atoms with van der Waals surface area (Å²) in [5.41, 5.74) is -0.629. The maximum atomic E-state index is 11.9. The standard InChI is InChI=1S/C12H17NO4/c1-12(2,3)17-11(16)13-9-5-7(10(13)15)4-8(9)6-14/h6-9H,4-5H2,1-3H3. The van der Waals surface area contributed by atoms with E-state index in [1.165, 1.54) is 0 Å². The number of rotatable bonds is 1. The Bertz CT molecular complexity index is 371.